The van der Waals surface area contributed by atoms with Gasteiger partial charge in [0.25, 0.3) is 0 Å². The molecule has 5 heteroatoms. The summed E-state index contributed by atoms with van der Waals surface area (Å²) < 4.78 is 33.7. The lowest BCUT2D eigenvalue weighted by molar-refractivity contribution is 0.551. The standard InChI is InChI=1S/C9H10BrFO2S/c1-7-2-3-8(6-9(7)10)4-5-14(11,12)13/h2-3,6H,4-5H2,1H3. The molecule has 0 spiro atoms. The van der Waals surface area contributed by atoms with Crippen molar-refractivity contribution in [1.29, 1.82) is 0 Å². The van der Waals surface area contributed by atoms with Gasteiger partial charge in [-0.3, -0.25) is 0 Å². The molecule has 0 aromatic heterocycles. The average Bonchev–Trinajstić information content (AvgIpc) is 2.06. The first kappa shape index (κ1) is 11.7. The van der Waals surface area contributed by atoms with Crippen LogP contribution < -0.4 is 0 Å². The second-order valence-corrected chi connectivity index (χ2v) is 5.42. The van der Waals surface area contributed by atoms with Crippen molar-refractivity contribution in [3.8, 4) is 0 Å². The third-order valence-corrected chi connectivity index (χ3v) is 3.42. The Morgan fingerprint density at radius 2 is 2.07 bits per heavy atom. The Hall–Kier alpha value is -0.420. The molecule has 2 nitrogen and oxygen atoms in total. The molecule has 0 unspecified atom stereocenters. The summed E-state index contributed by atoms with van der Waals surface area (Å²) in [6.45, 7) is 1.93. The Bertz CT molecular complexity index is 428. The van der Waals surface area contributed by atoms with Gasteiger partial charge in [-0.1, -0.05) is 28.1 Å². The summed E-state index contributed by atoms with van der Waals surface area (Å²) in [5.74, 6) is -0.456. The van der Waals surface area contributed by atoms with Gasteiger partial charge < -0.3 is 0 Å². The first-order valence-electron chi connectivity index (χ1n) is 4.06. The summed E-state index contributed by atoms with van der Waals surface area (Å²) in [6, 6.07) is 5.47. The third kappa shape index (κ3) is 3.75. The largest absolute Gasteiger partial charge is 0.302 e. The fourth-order valence-corrected chi connectivity index (χ4v) is 1.94. The smallest absolute Gasteiger partial charge is 0.195 e. The van der Waals surface area contributed by atoms with Gasteiger partial charge in [-0.15, -0.1) is 3.89 Å². The number of hydrogen-bond acceptors (Lipinski definition) is 2. The maximum absolute atomic E-state index is 12.2. The molecule has 0 fully saturated rings. The van der Waals surface area contributed by atoms with Crippen LogP contribution in [0.1, 0.15) is 11.1 Å². The van der Waals surface area contributed by atoms with Gasteiger partial charge in [0.05, 0.1) is 5.75 Å². The normalized spacial score (nSPS) is 11.6. The zero-order valence-electron chi connectivity index (χ0n) is 7.63. The number of aryl methyl sites for hydroxylation is 2. The van der Waals surface area contributed by atoms with E-state index in [2.05, 4.69) is 15.9 Å². The second-order valence-electron chi connectivity index (χ2n) is 3.08. The molecule has 0 radical (unpaired) electrons. The van der Waals surface area contributed by atoms with Gasteiger partial charge in [-0.05, 0) is 30.5 Å². The first-order valence-corrected chi connectivity index (χ1v) is 6.40. The van der Waals surface area contributed by atoms with E-state index < -0.39 is 16.0 Å². The lowest BCUT2D eigenvalue weighted by atomic mass is 10.1. The molecule has 0 atom stereocenters. The van der Waals surface area contributed by atoms with Crippen LogP contribution in [-0.4, -0.2) is 14.2 Å². The molecule has 0 aliphatic rings. The highest BCUT2D eigenvalue weighted by atomic mass is 79.9. The summed E-state index contributed by atoms with van der Waals surface area (Å²) in [6.07, 6.45) is 0.206. The van der Waals surface area contributed by atoms with Crippen LogP contribution in [0.3, 0.4) is 0 Å². The van der Waals surface area contributed by atoms with Gasteiger partial charge in [-0.25, -0.2) is 0 Å². The van der Waals surface area contributed by atoms with Crippen LogP contribution in [0, 0.1) is 6.92 Å². The van der Waals surface area contributed by atoms with Gasteiger partial charge in [0.2, 0.25) is 0 Å². The predicted octanol–water partition coefficient (Wildman–Crippen LogP) is 2.60. The SMILES string of the molecule is Cc1ccc(CCS(=O)(=O)F)cc1Br. The van der Waals surface area contributed by atoms with Crippen LogP contribution >= 0.6 is 15.9 Å². The number of rotatable bonds is 3. The van der Waals surface area contributed by atoms with Gasteiger partial charge in [0.1, 0.15) is 0 Å². The van der Waals surface area contributed by atoms with Crippen molar-refractivity contribution in [2.75, 3.05) is 5.75 Å². The Kier molecular flexibility index (Phi) is 3.66. The predicted molar refractivity (Wildman–Crippen MR) is 57.5 cm³/mol. The Morgan fingerprint density at radius 3 is 2.57 bits per heavy atom. The van der Waals surface area contributed by atoms with Crippen molar-refractivity contribution in [2.45, 2.75) is 13.3 Å². The van der Waals surface area contributed by atoms with E-state index in [0.29, 0.717) is 0 Å². The summed E-state index contributed by atoms with van der Waals surface area (Å²) in [5, 5.41) is 0. The van der Waals surface area contributed by atoms with Crippen LogP contribution in [0.15, 0.2) is 22.7 Å². The number of halogens is 2. The topological polar surface area (TPSA) is 34.1 Å². The monoisotopic (exact) mass is 280 g/mol. The molecular formula is C9H10BrFO2S. The van der Waals surface area contributed by atoms with Crippen LogP contribution in [0.5, 0.6) is 0 Å². The summed E-state index contributed by atoms with van der Waals surface area (Å²) >= 11 is 3.32. The molecule has 1 aromatic carbocycles. The van der Waals surface area contributed by atoms with Crippen molar-refractivity contribution in [3.05, 3.63) is 33.8 Å². The maximum atomic E-state index is 12.2. The van der Waals surface area contributed by atoms with Gasteiger partial charge in [-0.2, -0.15) is 8.42 Å². The van der Waals surface area contributed by atoms with Gasteiger partial charge in [0.15, 0.2) is 0 Å². The van der Waals surface area contributed by atoms with E-state index in [9.17, 15) is 12.3 Å². The van der Waals surface area contributed by atoms with Crippen molar-refractivity contribution >= 4 is 26.2 Å². The second kappa shape index (κ2) is 4.40. The van der Waals surface area contributed by atoms with E-state index in [4.69, 9.17) is 0 Å². The highest BCUT2D eigenvalue weighted by Crippen LogP contribution is 2.18. The highest BCUT2D eigenvalue weighted by molar-refractivity contribution is 9.10. The molecule has 0 bridgehead atoms. The van der Waals surface area contributed by atoms with Crippen molar-refractivity contribution in [3.63, 3.8) is 0 Å². The summed E-state index contributed by atoms with van der Waals surface area (Å²) in [4.78, 5) is 0. The van der Waals surface area contributed by atoms with Crippen molar-refractivity contribution in [2.24, 2.45) is 0 Å². The van der Waals surface area contributed by atoms with Gasteiger partial charge >= 0.3 is 10.2 Å². The van der Waals surface area contributed by atoms with Crippen LogP contribution in [0.4, 0.5) is 3.89 Å². The first-order chi connectivity index (χ1) is 6.38. The number of benzene rings is 1. The molecule has 0 N–H and O–H groups in total. The fraction of sp³-hybridized carbons (Fsp3) is 0.333. The van der Waals surface area contributed by atoms with E-state index in [1.54, 1.807) is 12.1 Å². The minimum Gasteiger partial charge on any atom is -0.195 e. The minimum absolute atomic E-state index is 0.206. The zero-order chi connectivity index (χ0) is 10.8. The molecule has 0 aliphatic heterocycles. The summed E-state index contributed by atoms with van der Waals surface area (Å²) in [5.41, 5.74) is 1.88. The van der Waals surface area contributed by atoms with E-state index in [1.807, 2.05) is 13.0 Å². The molecule has 0 saturated carbocycles. The Morgan fingerprint density at radius 1 is 1.43 bits per heavy atom. The molecule has 1 rings (SSSR count). The molecule has 0 amide bonds. The van der Waals surface area contributed by atoms with Crippen molar-refractivity contribution in [1.82, 2.24) is 0 Å². The number of hydrogen-bond donors (Lipinski definition) is 0. The van der Waals surface area contributed by atoms with E-state index in [1.165, 1.54) is 0 Å². The molecule has 0 saturated heterocycles. The van der Waals surface area contributed by atoms with Crippen molar-refractivity contribution < 1.29 is 12.3 Å². The van der Waals surface area contributed by atoms with Gasteiger partial charge in [0, 0.05) is 4.47 Å². The van der Waals surface area contributed by atoms with Crippen LogP contribution in [0.2, 0.25) is 0 Å². The maximum Gasteiger partial charge on any atom is 0.302 e. The molecule has 78 valence electrons. The molecule has 14 heavy (non-hydrogen) atoms. The molecule has 0 heterocycles. The summed E-state index contributed by atoms with van der Waals surface area (Å²) in [7, 11) is -4.36. The minimum atomic E-state index is -4.36. The molecule has 1 aromatic rings. The average molecular weight is 281 g/mol. The van der Waals surface area contributed by atoms with Crippen LogP contribution in [0.25, 0.3) is 0 Å². The Balaban J connectivity index is 2.74. The molecule has 0 aliphatic carbocycles. The zero-order valence-corrected chi connectivity index (χ0v) is 10.0. The fourth-order valence-electron chi connectivity index (χ4n) is 1.03. The molecular weight excluding hydrogens is 271 g/mol. The van der Waals surface area contributed by atoms with E-state index in [-0.39, 0.29) is 6.42 Å². The lowest BCUT2D eigenvalue weighted by Gasteiger charge is -2.02. The van der Waals surface area contributed by atoms with Crippen LogP contribution in [-0.2, 0) is 16.6 Å². The lowest BCUT2D eigenvalue weighted by Crippen LogP contribution is -2.02. The quantitative estimate of drug-likeness (QED) is 0.798. The van der Waals surface area contributed by atoms with E-state index >= 15 is 0 Å². The van der Waals surface area contributed by atoms with E-state index in [0.717, 1.165) is 15.6 Å². The third-order valence-electron chi connectivity index (χ3n) is 1.87. The highest BCUT2D eigenvalue weighted by Gasteiger charge is 2.07. The Labute approximate surface area is 91.5 Å².